The van der Waals surface area contributed by atoms with Crippen molar-refractivity contribution in [3.63, 3.8) is 0 Å². The zero-order valence-corrected chi connectivity index (χ0v) is 11.4. The van der Waals surface area contributed by atoms with E-state index >= 15 is 0 Å². The molecule has 4 nitrogen and oxygen atoms in total. The van der Waals surface area contributed by atoms with Crippen LogP contribution in [0, 0.1) is 0 Å². The van der Waals surface area contributed by atoms with Crippen LogP contribution in [0.5, 0.6) is 0 Å². The fraction of sp³-hybridized carbons (Fsp3) is 0.500. The summed E-state index contributed by atoms with van der Waals surface area (Å²) in [4.78, 5) is 11.4. The largest absolute Gasteiger partial charge is 0.338 e. The molecule has 18 heavy (non-hydrogen) atoms. The topological polar surface area (TPSA) is 53.2 Å². The summed E-state index contributed by atoms with van der Waals surface area (Å²) in [6.07, 6.45) is 0.938. The van der Waals surface area contributed by atoms with Crippen molar-refractivity contribution >= 4 is 11.7 Å². The fourth-order valence-electron chi connectivity index (χ4n) is 1.44. The Kier molecular flexibility index (Phi) is 6.22. The van der Waals surface area contributed by atoms with Crippen LogP contribution in [0.1, 0.15) is 32.8 Å². The second kappa shape index (κ2) is 7.71. The second-order valence-corrected chi connectivity index (χ2v) is 4.61. The Bertz CT molecular complexity index is 360. The summed E-state index contributed by atoms with van der Waals surface area (Å²) in [6, 6.07) is 8.20. The summed E-state index contributed by atoms with van der Waals surface area (Å²) in [6.45, 7) is 7.81. The Morgan fingerprint density at radius 1 is 1.22 bits per heavy atom. The lowest BCUT2D eigenvalue weighted by Gasteiger charge is -2.10. The molecule has 0 aliphatic rings. The molecular weight excluding hydrogens is 226 g/mol. The van der Waals surface area contributed by atoms with Crippen LogP contribution < -0.4 is 16.0 Å². The first kappa shape index (κ1) is 14.5. The van der Waals surface area contributed by atoms with Crippen LogP contribution in [0.3, 0.4) is 0 Å². The van der Waals surface area contributed by atoms with Crippen molar-refractivity contribution in [3.8, 4) is 0 Å². The van der Waals surface area contributed by atoms with E-state index in [0.717, 1.165) is 18.7 Å². The second-order valence-electron chi connectivity index (χ2n) is 4.61. The Balaban J connectivity index is 2.42. The minimum atomic E-state index is -0.148. The highest BCUT2D eigenvalue weighted by Gasteiger charge is 2.00. The van der Waals surface area contributed by atoms with Gasteiger partial charge in [0.15, 0.2) is 0 Å². The molecule has 100 valence electrons. The number of carbonyl (C=O) groups is 1. The molecule has 3 N–H and O–H groups in total. The van der Waals surface area contributed by atoms with Crippen molar-refractivity contribution in [3.05, 3.63) is 29.8 Å². The smallest absolute Gasteiger partial charge is 0.319 e. The van der Waals surface area contributed by atoms with Gasteiger partial charge in [0.1, 0.15) is 0 Å². The van der Waals surface area contributed by atoms with Crippen molar-refractivity contribution in [1.82, 2.24) is 10.6 Å². The van der Waals surface area contributed by atoms with Crippen molar-refractivity contribution in [2.24, 2.45) is 0 Å². The van der Waals surface area contributed by atoms with Crippen molar-refractivity contribution < 1.29 is 4.79 Å². The van der Waals surface area contributed by atoms with E-state index in [1.54, 1.807) is 0 Å². The summed E-state index contributed by atoms with van der Waals surface area (Å²) < 4.78 is 0. The molecule has 4 heteroatoms. The lowest BCUT2D eigenvalue weighted by molar-refractivity contribution is 0.252. The maximum Gasteiger partial charge on any atom is 0.319 e. The number of anilines is 1. The number of benzene rings is 1. The molecule has 0 aromatic heterocycles. The number of urea groups is 1. The van der Waals surface area contributed by atoms with Crippen LogP contribution in [0.15, 0.2) is 24.3 Å². The van der Waals surface area contributed by atoms with Gasteiger partial charge in [0.2, 0.25) is 0 Å². The highest BCUT2D eigenvalue weighted by atomic mass is 16.2. The van der Waals surface area contributed by atoms with Crippen molar-refractivity contribution in [1.29, 1.82) is 0 Å². The van der Waals surface area contributed by atoms with Crippen LogP contribution in [0.25, 0.3) is 0 Å². The maximum atomic E-state index is 11.4. The van der Waals surface area contributed by atoms with Gasteiger partial charge in [0, 0.05) is 24.8 Å². The number of hydrogen-bond donors (Lipinski definition) is 3. The van der Waals surface area contributed by atoms with Gasteiger partial charge < -0.3 is 16.0 Å². The first-order valence-electron chi connectivity index (χ1n) is 6.49. The number of amides is 2. The third kappa shape index (κ3) is 5.68. The monoisotopic (exact) mass is 249 g/mol. The van der Waals surface area contributed by atoms with E-state index < -0.39 is 0 Å². The normalized spacial score (nSPS) is 10.4. The van der Waals surface area contributed by atoms with E-state index in [0.29, 0.717) is 12.6 Å². The van der Waals surface area contributed by atoms with Gasteiger partial charge in [0.25, 0.3) is 0 Å². The van der Waals surface area contributed by atoms with Crippen LogP contribution in [-0.2, 0) is 6.54 Å². The van der Waals surface area contributed by atoms with Gasteiger partial charge in [-0.15, -0.1) is 0 Å². The molecule has 0 aliphatic heterocycles. The molecule has 0 fully saturated rings. The molecule has 0 atom stereocenters. The van der Waals surface area contributed by atoms with Gasteiger partial charge in [-0.25, -0.2) is 4.79 Å². The Labute approximate surface area is 109 Å². The molecule has 0 radical (unpaired) electrons. The van der Waals surface area contributed by atoms with E-state index in [-0.39, 0.29) is 6.03 Å². The molecule has 0 saturated carbocycles. The van der Waals surface area contributed by atoms with Crippen molar-refractivity contribution in [2.75, 3.05) is 11.9 Å². The molecule has 1 aromatic carbocycles. The van der Waals surface area contributed by atoms with Gasteiger partial charge in [-0.2, -0.15) is 0 Å². The molecule has 1 aromatic rings. The van der Waals surface area contributed by atoms with Gasteiger partial charge >= 0.3 is 6.03 Å². The minimum Gasteiger partial charge on any atom is -0.338 e. The van der Waals surface area contributed by atoms with Crippen LogP contribution in [0.4, 0.5) is 10.5 Å². The predicted octanol–water partition coefficient (Wildman–Crippen LogP) is 2.72. The lowest BCUT2D eigenvalue weighted by Crippen LogP contribution is -2.29. The standard InChI is InChI=1S/C14H23N3O/c1-4-9-15-14(18)17-13-7-5-12(6-8-13)10-16-11(2)3/h5-8,11,16H,4,9-10H2,1-3H3,(H2,15,17,18). The quantitative estimate of drug-likeness (QED) is 0.726. The maximum absolute atomic E-state index is 11.4. The molecule has 1 rings (SSSR count). The fourth-order valence-corrected chi connectivity index (χ4v) is 1.44. The zero-order chi connectivity index (χ0) is 13.4. The highest BCUT2D eigenvalue weighted by Crippen LogP contribution is 2.09. The molecule has 2 amide bonds. The summed E-state index contributed by atoms with van der Waals surface area (Å²) in [7, 11) is 0. The SMILES string of the molecule is CCCNC(=O)Nc1ccc(CNC(C)C)cc1. The first-order valence-corrected chi connectivity index (χ1v) is 6.49. The van der Waals surface area contributed by atoms with Gasteiger partial charge in [-0.1, -0.05) is 32.9 Å². The highest BCUT2D eigenvalue weighted by molar-refractivity contribution is 5.89. The minimum absolute atomic E-state index is 0.148. The summed E-state index contributed by atoms with van der Waals surface area (Å²) in [5.41, 5.74) is 2.03. The number of carbonyl (C=O) groups excluding carboxylic acids is 1. The number of hydrogen-bond acceptors (Lipinski definition) is 2. The van der Waals surface area contributed by atoms with Gasteiger partial charge in [-0.05, 0) is 24.1 Å². The van der Waals surface area contributed by atoms with Gasteiger partial charge in [-0.3, -0.25) is 0 Å². The van der Waals surface area contributed by atoms with E-state index in [1.165, 1.54) is 5.56 Å². The number of rotatable bonds is 6. The zero-order valence-electron chi connectivity index (χ0n) is 11.4. The first-order chi connectivity index (χ1) is 8.61. The molecule has 0 aliphatic carbocycles. The van der Waals surface area contributed by atoms with Crippen LogP contribution in [-0.4, -0.2) is 18.6 Å². The average molecular weight is 249 g/mol. The third-order valence-corrected chi connectivity index (χ3v) is 2.46. The lowest BCUT2D eigenvalue weighted by atomic mass is 10.2. The Morgan fingerprint density at radius 2 is 1.89 bits per heavy atom. The molecule has 0 unspecified atom stereocenters. The summed E-state index contributed by atoms with van der Waals surface area (Å²) in [5.74, 6) is 0. The Hall–Kier alpha value is -1.55. The van der Waals surface area contributed by atoms with Crippen LogP contribution >= 0.6 is 0 Å². The molecule has 0 saturated heterocycles. The van der Waals surface area contributed by atoms with E-state index in [4.69, 9.17) is 0 Å². The molecular formula is C14H23N3O. The van der Waals surface area contributed by atoms with E-state index in [1.807, 2.05) is 31.2 Å². The summed E-state index contributed by atoms with van der Waals surface area (Å²) in [5, 5.41) is 8.92. The molecule has 0 bridgehead atoms. The summed E-state index contributed by atoms with van der Waals surface area (Å²) >= 11 is 0. The Morgan fingerprint density at radius 3 is 2.44 bits per heavy atom. The predicted molar refractivity (Wildman–Crippen MR) is 75.7 cm³/mol. The number of nitrogens with one attached hydrogen (secondary N) is 3. The van der Waals surface area contributed by atoms with Crippen LogP contribution in [0.2, 0.25) is 0 Å². The average Bonchev–Trinajstić information content (AvgIpc) is 2.35. The van der Waals surface area contributed by atoms with E-state index in [2.05, 4.69) is 29.8 Å². The molecule has 0 heterocycles. The molecule has 0 spiro atoms. The van der Waals surface area contributed by atoms with Crippen molar-refractivity contribution in [2.45, 2.75) is 39.8 Å². The van der Waals surface area contributed by atoms with E-state index in [9.17, 15) is 4.79 Å². The van der Waals surface area contributed by atoms with Gasteiger partial charge in [0.05, 0.1) is 0 Å². The third-order valence-electron chi connectivity index (χ3n) is 2.46.